The van der Waals surface area contributed by atoms with Crippen LogP contribution in [0.2, 0.25) is 0 Å². The van der Waals surface area contributed by atoms with Crippen molar-refractivity contribution in [1.82, 2.24) is 9.97 Å². The number of benzene rings is 1. The van der Waals surface area contributed by atoms with Gasteiger partial charge in [-0.05, 0) is 25.5 Å². The van der Waals surface area contributed by atoms with Crippen molar-refractivity contribution in [2.24, 2.45) is 0 Å². The Morgan fingerprint density at radius 3 is 2.88 bits per heavy atom. The Labute approximate surface area is 173 Å². The number of anilines is 2. The number of aryl methyl sites for hydroxylation is 2. The molecule has 1 aliphatic heterocycles. The van der Waals surface area contributed by atoms with Crippen molar-refractivity contribution in [1.29, 1.82) is 0 Å². The third-order valence-corrected chi connectivity index (χ3v) is 4.61. The first-order valence-corrected chi connectivity index (χ1v) is 8.34. The third kappa shape index (κ3) is 3.58. The van der Waals surface area contributed by atoms with Gasteiger partial charge in [-0.3, -0.25) is 0 Å². The zero-order valence-electron chi connectivity index (χ0n) is 14.9. The molecule has 25 heavy (non-hydrogen) atoms. The molecule has 1 aliphatic rings. The van der Waals surface area contributed by atoms with Gasteiger partial charge in [0.15, 0.2) is 0 Å². The van der Waals surface area contributed by atoms with Gasteiger partial charge in [-0.1, -0.05) is 13.0 Å². The molecule has 3 heterocycles. The Kier molecular flexibility index (Phi) is 5.45. The quantitative estimate of drug-likeness (QED) is 0.607. The maximum atomic E-state index is 5.95. The van der Waals surface area contributed by atoms with E-state index in [0.717, 1.165) is 42.1 Å². The van der Waals surface area contributed by atoms with Gasteiger partial charge >= 0.3 is 0 Å². The topological polar surface area (TPSA) is 45.4 Å². The SMILES string of the molecule is Cc1[c-]cc2oc(N3CCN(c4ncccc4C)CC3C)nc2c1.[Y]. The van der Waals surface area contributed by atoms with Crippen molar-refractivity contribution in [3.8, 4) is 0 Å². The fraction of sp³-hybridized carbons (Fsp3) is 0.368. The van der Waals surface area contributed by atoms with Gasteiger partial charge < -0.3 is 14.2 Å². The van der Waals surface area contributed by atoms with Gasteiger partial charge in [0.05, 0.1) is 0 Å². The number of piperazine rings is 1. The molecule has 1 fully saturated rings. The average Bonchev–Trinajstić information content (AvgIpc) is 2.98. The molecule has 6 heteroatoms. The van der Waals surface area contributed by atoms with E-state index in [9.17, 15) is 0 Å². The smallest absolute Gasteiger partial charge is 0.284 e. The Morgan fingerprint density at radius 1 is 1.28 bits per heavy atom. The molecule has 2 aromatic heterocycles. The largest absolute Gasteiger partial charge is 0.488 e. The number of nitrogens with zero attached hydrogens (tertiary/aromatic N) is 4. The van der Waals surface area contributed by atoms with Crippen LogP contribution in [0.4, 0.5) is 11.8 Å². The van der Waals surface area contributed by atoms with Crippen LogP contribution in [0.15, 0.2) is 34.9 Å². The Balaban J connectivity index is 0.00000182. The summed E-state index contributed by atoms with van der Waals surface area (Å²) >= 11 is 0. The molecule has 0 spiro atoms. The van der Waals surface area contributed by atoms with Crippen molar-refractivity contribution in [3.05, 3.63) is 47.7 Å². The second-order valence-corrected chi connectivity index (χ2v) is 6.49. The first kappa shape index (κ1) is 18.3. The molecule has 0 N–H and O–H groups in total. The van der Waals surface area contributed by atoms with Gasteiger partial charge in [-0.15, -0.1) is 12.1 Å². The van der Waals surface area contributed by atoms with Gasteiger partial charge in [0, 0.05) is 75.7 Å². The summed E-state index contributed by atoms with van der Waals surface area (Å²) in [5.41, 5.74) is 3.99. The van der Waals surface area contributed by atoms with Crippen molar-refractivity contribution in [2.75, 3.05) is 29.4 Å². The summed E-state index contributed by atoms with van der Waals surface area (Å²) in [6.07, 6.45) is 1.86. The molecule has 1 aromatic carbocycles. The summed E-state index contributed by atoms with van der Waals surface area (Å²) in [6, 6.07) is 12.2. The molecule has 0 saturated carbocycles. The molecule has 0 amide bonds. The van der Waals surface area contributed by atoms with Crippen LogP contribution in [0.5, 0.6) is 0 Å². The molecule has 1 radical (unpaired) electrons. The first-order valence-electron chi connectivity index (χ1n) is 8.34. The summed E-state index contributed by atoms with van der Waals surface area (Å²) in [5, 5.41) is 0. The molecule has 5 nitrogen and oxygen atoms in total. The van der Waals surface area contributed by atoms with Gasteiger partial charge in [-0.2, -0.15) is 11.6 Å². The number of aromatic nitrogens is 2. The number of pyridine rings is 1. The van der Waals surface area contributed by atoms with E-state index in [-0.39, 0.29) is 32.7 Å². The van der Waals surface area contributed by atoms with E-state index in [0.29, 0.717) is 12.1 Å². The average molecular weight is 410 g/mol. The van der Waals surface area contributed by atoms with Crippen LogP contribution in [0, 0.1) is 19.9 Å². The molecule has 0 aliphatic carbocycles. The van der Waals surface area contributed by atoms with Crippen molar-refractivity contribution < 1.29 is 37.1 Å². The second kappa shape index (κ2) is 7.42. The molecular weight excluding hydrogens is 389 g/mol. The number of oxazole rings is 1. The summed E-state index contributed by atoms with van der Waals surface area (Å²) in [5.74, 6) is 1.08. The Morgan fingerprint density at radius 2 is 2.12 bits per heavy atom. The Hall–Kier alpha value is -1.46. The molecular formula is C19H21N4OY-. The molecule has 1 saturated heterocycles. The van der Waals surface area contributed by atoms with Crippen LogP contribution in [0.3, 0.4) is 0 Å². The fourth-order valence-corrected chi connectivity index (χ4v) is 3.33. The van der Waals surface area contributed by atoms with Crippen LogP contribution in [0.1, 0.15) is 18.1 Å². The number of rotatable bonds is 2. The molecule has 1 atom stereocenters. The molecule has 4 rings (SSSR count). The predicted molar refractivity (Wildman–Crippen MR) is 95.6 cm³/mol. The van der Waals surface area contributed by atoms with Gasteiger partial charge in [0.25, 0.3) is 6.01 Å². The van der Waals surface area contributed by atoms with E-state index in [1.54, 1.807) is 0 Å². The van der Waals surface area contributed by atoms with Gasteiger partial charge in [0.1, 0.15) is 5.82 Å². The monoisotopic (exact) mass is 410 g/mol. The number of hydrogen-bond donors (Lipinski definition) is 0. The minimum absolute atomic E-state index is 0. The molecule has 127 valence electrons. The standard InChI is InChI=1S/C19H21N4O.Y/c1-13-6-7-17-16(11-13)21-19(24-17)23-10-9-22(12-15(23)3)18-14(2)5-4-8-20-18;/h4-5,7-8,11,15H,9-10,12H2,1-3H3;/q-1;. The summed E-state index contributed by atoms with van der Waals surface area (Å²) < 4.78 is 5.95. The summed E-state index contributed by atoms with van der Waals surface area (Å²) in [6.45, 7) is 9.01. The summed E-state index contributed by atoms with van der Waals surface area (Å²) in [7, 11) is 0. The predicted octanol–water partition coefficient (Wildman–Crippen LogP) is 3.35. The van der Waals surface area contributed by atoms with E-state index in [2.05, 4.69) is 45.7 Å². The molecule has 1 unspecified atom stereocenters. The second-order valence-electron chi connectivity index (χ2n) is 6.49. The minimum Gasteiger partial charge on any atom is -0.488 e. The van der Waals surface area contributed by atoms with Crippen LogP contribution in [-0.2, 0) is 32.7 Å². The molecule has 0 bridgehead atoms. The van der Waals surface area contributed by atoms with Crippen molar-refractivity contribution in [3.63, 3.8) is 0 Å². The zero-order chi connectivity index (χ0) is 16.7. The van der Waals surface area contributed by atoms with Crippen LogP contribution < -0.4 is 9.80 Å². The van der Waals surface area contributed by atoms with E-state index >= 15 is 0 Å². The van der Waals surface area contributed by atoms with E-state index < -0.39 is 0 Å². The van der Waals surface area contributed by atoms with E-state index in [4.69, 9.17) is 4.42 Å². The van der Waals surface area contributed by atoms with E-state index in [1.807, 2.05) is 31.3 Å². The normalized spacial score (nSPS) is 17.6. The fourth-order valence-electron chi connectivity index (χ4n) is 3.33. The van der Waals surface area contributed by atoms with Gasteiger partial charge in [-0.25, -0.2) is 9.97 Å². The molecule has 3 aromatic rings. The number of hydrogen-bond acceptors (Lipinski definition) is 5. The summed E-state index contributed by atoms with van der Waals surface area (Å²) in [4.78, 5) is 13.8. The van der Waals surface area contributed by atoms with Crippen molar-refractivity contribution in [2.45, 2.75) is 26.8 Å². The van der Waals surface area contributed by atoms with Crippen molar-refractivity contribution >= 4 is 22.9 Å². The van der Waals surface area contributed by atoms with Gasteiger partial charge in [0.2, 0.25) is 0 Å². The van der Waals surface area contributed by atoms with Crippen LogP contribution in [-0.4, -0.2) is 35.6 Å². The van der Waals surface area contributed by atoms with Crippen LogP contribution >= 0.6 is 0 Å². The third-order valence-electron chi connectivity index (χ3n) is 4.61. The number of fused-ring (bicyclic) bond motifs is 1. The zero-order valence-corrected chi connectivity index (χ0v) is 17.7. The van der Waals surface area contributed by atoms with Crippen LogP contribution in [0.25, 0.3) is 11.1 Å². The minimum atomic E-state index is 0. The maximum Gasteiger partial charge on any atom is 0.284 e. The maximum absolute atomic E-state index is 5.95. The first-order chi connectivity index (χ1) is 11.6. The Bertz CT molecular complexity index is 879. The van der Waals surface area contributed by atoms with E-state index in [1.165, 1.54) is 5.56 Å².